The van der Waals surface area contributed by atoms with Crippen LogP contribution in [0.3, 0.4) is 0 Å². The Balaban J connectivity index is 1.78. The Hall–Kier alpha value is -1.52. The summed E-state index contributed by atoms with van der Waals surface area (Å²) >= 11 is 0. The van der Waals surface area contributed by atoms with Gasteiger partial charge >= 0.3 is 0 Å². The van der Waals surface area contributed by atoms with Crippen molar-refractivity contribution in [3.8, 4) is 0 Å². The molecular weight excluding hydrogens is 250 g/mol. The third kappa shape index (κ3) is 2.30. The zero-order valence-corrected chi connectivity index (χ0v) is 12.8. The number of imidazole rings is 1. The van der Waals surface area contributed by atoms with Gasteiger partial charge < -0.3 is 5.73 Å². The number of aromatic nitrogens is 4. The molecule has 2 N–H and O–H groups in total. The third-order valence-electron chi connectivity index (χ3n) is 4.73. The van der Waals surface area contributed by atoms with Gasteiger partial charge in [-0.1, -0.05) is 26.2 Å². The van der Waals surface area contributed by atoms with E-state index in [1.165, 1.54) is 32.1 Å². The van der Waals surface area contributed by atoms with Crippen LogP contribution in [0.15, 0.2) is 0 Å². The zero-order chi connectivity index (χ0) is 14.3. The summed E-state index contributed by atoms with van der Waals surface area (Å²) in [5.74, 6) is 2.35. The molecule has 1 fully saturated rings. The molecule has 1 aliphatic rings. The maximum absolute atomic E-state index is 6.09. The van der Waals surface area contributed by atoms with Gasteiger partial charge in [0.1, 0.15) is 5.52 Å². The molecule has 20 heavy (non-hydrogen) atoms. The lowest BCUT2D eigenvalue weighted by atomic mass is 9.81. The van der Waals surface area contributed by atoms with Gasteiger partial charge in [-0.2, -0.15) is 5.10 Å². The van der Waals surface area contributed by atoms with Crippen LogP contribution in [-0.2, 0) is 13.6 Å². The molecule has 5 heteroatoms. The second-order valence-corrected chi connectivity index (χ2v) is 6.43. The van der Waals surface area contributed by atoms with Gasteiger partial charge in [0.05, 0.1) is 5.69 Å². The quantitative estimate of drug-likeness (QED) is 0.937. The minimum absolute atomic E-state index is 0.625. The van der Waals surface area contributed by atoms with Crippen LogP contribution < -0.4 is 5.73 Å². The summed E-state index contributed by atoms with van der Waals surface area (Å²) in [5.41, 5.74) is 9.05. The van der Waals surface area contributed by atoms with Crippen LogP contribution in [0.1, 0.15) is 44.7 Å². The molecule has 0 radical (unpaired) electrons. The molecule has 2 atom stereocenters. The number of hydrogen-bond donors (Lipinski definition) is 1. The molecule has 0 spiro atoms. The summed E-state index contributed by atoms with van der Waals surface area (Å²) < 4.78 is 4.03. The lowest BCUT2D eigenvalue weighted by Gasteiger charge is -2.26. The van der Waals surface area contributed by atoms with E-state index in [2.05, 4.69) is 21.6 Å². The number of nitrogen functional groups attached to an aromatic ring is 1. The Labute approximate surface area is 120 Å². The van der Waals surface area contributed by atoms with E-state index < -0.39 is 0 Å². The van der Waals surface area contributed by atoms with Crippen molar-refractivity contribution in [3.63, 3.8) is 0 Å². The van der Waals surface area contributed by atoms with Crippen LogP contribution >= 0.6 is 0 Å². The van der Waals surface area contributed by atoms with Gasteiger partial charge in [0, 0.05) is 13.6 Å². The van der Waals surface area contributed by atoms with Crippen molar-refractivity contribution in [2.75, 3.05) is 5.73 Å². The largest absolute Gasteiger partial charge is 0.369 e. The average Bonchev–Trinajstić information content (AvgIpc) is 2.86. The Kier molecular flexibility index (Phi) is 3.44. The van der Waals surface area contributed by atoms with E-state index in [1.807, 2.05) is 18.7 Å². The maximum Gasteiger partial charge on any atom is 0.202 e. The van der Waals surface area contributed by atoms with Crippen LogP contribution in [0.2, 0.25) is 0 Å². The predicted octanol–water partition coefficient (Wildman–Crippen LogP) is 2.88. The van der Waals surface area contributed by atoms with Gasteiger partial charge in [0.15, 0.2) is 5.65 Å². The van der Waals surface area contributed by atoms with E-state index >= 15 is 0 Å². The molecule has 5 nitrogen and oxygen atoms in total. The van der Waals surface area contributed by atoms with Crippen LogP contribution in [0.4, 0.5) is 5.95 Å². The lowest BCUT2D eigenvalue weighted by Crippen LogP contribution is -2.16. The van der Waals surface area contributed by atoms with Crippen LogP contribution in [-0.4, -0.2) is 19.3 Å². The van der Waals surface area contributed by atoms with Gasteiger partial charge in [-0.25, -0.2) is 4.98 Å². The molecule has 0 bridgehead atoms. The minimum atomic E-state index is 0.625. The smallest absolute Gasteiger partial charge is 0.202 e. The fraction of sp³-hybridized carbons (Fsp3) is 0.733. The van der Waals surface area contributed by atoms with Crippen LogP contribution in [0, 0.1) is 18.8 Å². The second-order valence-electron chi connectivity index (χ2n) is 6.43. The van der Waals surface area contributed by atoms with Crippen molar-refractivity contribution in [2.24, 2.45) is 18.9 Å². The number of nitrogens with zero attached hydrogens (tertiary/aromatic N) is 4. The van der Waals surface area contributed by atoms with Gasteiger partial charge in [-0.15, -0.1) is 0 Å². The average molecular weight is 275 g/mol. The summed E-state index contributed by atoms with van der Waals surface area (Å²) in [7, 11) is 1.97. The predicted molar refractivity (Wildman–Crippen MR) is 81.4 cm³/mol. The van der Waals surface area contributed by atoms with Gasteiger partial charge in [-0.05, 0) is 31.6 Å². The van der Waals surface area contributed by atoms with Gasteiger partial charge in [-0.3, -0.25) is 9.25 Å². The molecule has 3 rings (SSSR count). The summed E-state index contributed by atoms with van der Waals surface area (Å²) in [6, 6.07) is 0. The zero-order valence-electron chi connectivity index (χ0n) is 12.8. The molecule has 2 unspecified atom stereocenters. The van der Waals surface area contributed by atoms with E-state index in [1.54, 1.807) is 0 Å². The van der Waals surface area contributed by atoms with Crippen molar-refractivity contribution < 1.29 is 0 Å². The minimum Gasteiger partial charge on any atom is -0.369 e. The molecule has 0 amide bonds. The third-order valence-corrected chi connectivity index (χ3v) is 4.73. The highest BCUT2D eigenvalue weighted by molar-refractivity contribution is 5.77. The lowest BCUT2D eigenvalue weighted by molar-refractivity contribution is 0.262. The van der Waals surface area contributed by atoms with Gasteiger partial charge in [0.2, 0.25) is 5.95 Å². The molecule has 0 aliphatic heterocycles. The highest BCUT2D eigenvalue weighted by Crippen LogP contribution is 2.31. The Morgan fingerprint density at radius 2 is 2.15 bits per heavy atom. The fourth-order valence-electron chi connectivity index (χ4n) is 3.71. The van der Waals surface area contributed by atoms with Crippen molar-refractivity contribution in [1.29, 1.82) is 0 Å². The summed E-state index contributed by atoms with van der Waals surface area (Å²) in [5, 5.41) is 4.44. The van der Waals surface area contributed by atoms with E-state index in [0.29, 0.717) is 5.95 Å². The van der Waals surface area contributed by atoms with E-state index in [4.69, 9.17) is 5.73 Å². The van der Waals surface area contributed by atoms with Crippen LogP contribution in [0.5, 0.6) is 0 Å². The van der Waals surface area contributed by atoms with E-state index in [0.717, 1.165) is 35.2 Å². The normalized spacial score (nSPS) is 23.6. The molecule has 0 aromatic carbocycles. The summed E-state index contributed by atoms with van der Waals surface area (Å²) in [4.78, 5) is 4.47. The molecule has 0 saturated heterocycles. The SMILES string of the molecule is Cc1nn(C)c2c1nc(N)n2CCC1CCCC(C)C1. The standard InChI is InChI=1S/C15H25N5/c1-10-5-4-6-12(9-10)7-8-20-14-13(17-15(20)16)11(2)18-19(14)3/h10,12H,4-9H2,1-3H3,(H2,16,17). The molecule has 1 saturated carbocycles. The first-order valence-corrected chi connectivity index (χ1v) is 7.71. The number of aryl methyl sites for hydroxylation is 3. The molecule has 1 aliphatic carbocycles. The molecule has 110 valence electrons. The van der Waals surface area contributed by atoms with E-state index in [9.17, 15) is 0 Å². The number of fused-ring (bicyclic) bond motifs is 1. The van der Waals surface area contributed by atoms with Gasteiger partial charge in [0.25, 0.3) is 0 Å². The van der Waals surface area contributed by atoms with Crippen molar-refractivity contribution >= 4 is 17.1 Å². The highest BCUT2D eigenvalue weighted by atomic mass is 15.3. The molecule has 2 aromatic rings. The van der Waals surface area contributed by atoms with E-state index in [-0.39, 0.29) is 0 Å². The summed E-state index contributed by atoms with van der Waals surface area (Å²) in [6.45, 7) is 5.32. The first-order valence-electron chi connectivity index (χ1n) is 7.71. The van der Waals surface area contributed by atoms with Crippen molar-refractivity contribution in [3.05, 3.63) is 5.69 Å². The number of anilines is 1. The topological polar surface area (TPSA) is 61.7 Å². The van der Waals surface area contributed by atoms with Crippen molar-refractivity contribution in [1.82, 2.24) is 19.3 Å². The summed E-state index contributed by atoms with van der Waals surface area (Å²) in [6.07, 6.45) is 6.71. The maximum atomic E-state index is 6.09. The second kappa shape index (κ2) is 5.11. The Bertz CT molecular complexity index is 609. The van der Waals surface area contributed by atoms with Crippen LogP contribution in [0.25, 0.3) is 11.2 Å². The number of hydrogen-bond acceptors (Lipinski definition) is 3. The highest BCUT2D eigenvalue weighted by Gasteiger charge is 2.20. The number of nitrogens with two attached hydrogens (primary N) is 1. The molecule has 2 heterocycles. The number of rotatable bonds is 3. The first kappa shape index (κ1) is 13.5. The molecule has 2 aromatic heterocycles. The Morgan fingerprint density at radius 3 is 2.90 bits per heavy atom. The van der Waals surface area contributed by atoms with Crippen molar-refractivity contribution in [2.45, 2.75) is 52.5 Å². The molecular formula is C15H25N5. The fourth-order valence-corrected chi connectivity index (χ4v) is 3.71. The first-order chi connectivity index (χ1) is 9.56. The monoisotopic (exact) mass is 275 g/mol. The Morgan fingerprint density at radius 1 is 1.35 bits per heavy atom.